The van der Waals surface area contributed by atoms with Gasteiger partial charge in [0, 0.05) is 19.6 Å². The van der Waals surface area contributed by atoms with Crippen LogP contribution in [0.15, 0.2) is 18.2 Å². The number of aliphatic hydroxyl groups is 1. The summed E-state index contributed by atoms with van der Waals surface area (Å²) in [5.74, 6) is -0.448. The number of halogens is 2. The van der Waals surface area contributed by atoms with E-state index >= 15 is 0 Å². The highest BCUT2D eigenvalue weighted by Gasteiger charge is 2.10. The SMILES string of the molecule is CCOCCC(O)Cc1cccc(F)c1Cl. The van der Waals surface area contributed by atoms with Gasteiger partial charge < -0.3 is 9.84 Å². The van der Waals surface area contributed by atoms with Crippen molar-refractivity contribution in [2.45, 2.75) is 25.9 Å². The third kappa shape index (κ3) is 4.08. The molecule has 1 unspecified atom stereocenters. The topological polar surface area (TPSA) is 29.5 Å². The Balaban J connectivity index is 2.49. The van der Waals surface area contributed by atoms with Gasteiger partial charge >= 0.3 is 0 Å². The summed E-state index contributed by atoms with van der Waals surface area (Å²) in [7, 11) is 0. The first-order chi connectivity index (χ1) is 7.65. The van der Waals surface area contributed by atoms with Gasteiger partial charge in [-0.15, -0.1) is 0 Å². The molecule has 0 saturated carbocycles. The third-order valence-electron chi connectivity index (χ3n) is 2.29. The first kappa shape index (κ1) is 13.4. The molecule has 90 valence electrons. The van der Waals surface area contributed by atoms with E-state index in [1.165, 1.54) is 6.07 Å². The lowest BCUT2D eigenvalue weighted by molar-refractivity contribution is 0.0887. The quantitative estimate of drug-likeness (QED) is 0.783. The van der Waals surface area contributed by atoms with Crippen LogP contribution in [-0.2, 0) is 11.2 Å². The number of ether oxygens (including phenoxy) is 1. The lowest BCUT2D eigenvalue weighted by Gasteiger charge is -2.11. The van der Waals surface area contributed by atoms with Gasteiger partial charge in [0.15, 0.2) is 0 Å². The van der Waals surface area contributed by atoms with Crippen LogP contribution in [0, 0.1) is 5.82 Å². The molecule has 16 heavy (non-hydrogen) atoms. The summed E-state index contributed by atoms with van der Waals surface area (Å²) in [6.45, 7) is 3.04. The molecule has 0 aliphatic heterocycles. The lowest BCUT2D eigenvalue weighted by atomic mass is 10.1. The summed E-state index contributed by atoms with van der Waals surface area (Å²) < 4.78 is 18.2. The van der Waals surface area contributed by atoms with Gasteiger partial charge in [0.25, 0.3) is 0 Å². The third-order valence-corrected chi connectivity index (χ3v) is 2.71. The van der Waals surface area contributed by atoms with Gasteiger partial charge in [-0.2, -0.15) is 0 Å². The molecule has 1 aromatic carbocycles. The summed E-state index contributed by atoms with van der Waals surface area (Å²) >= 11 is 5.78. The molecule has 0 aliphatic carbocycles. The molecule has 1 rings (SSSR count). The van der Waals surface area contributed by atoms with Crippen LogP contribution in [0.3, 0.4) is 0 Å². The minimum Gasteiger partial charge on any atom is -0.393 e. The molecule has 1 N–H and O–H groups in total. The maximum atomic E-state index is 13.1. The zero-order valence-corrected chi connectivity index (χ0v) is 10.0. The molecule has 2 nitrogen and oxygen atoms in total. The van der Waals surface area contributed by atoms with Crippen LogP contribution in [-0.4, -0.2) is 24.4 Å². The molecular formula is C12H16ClFO2. The Morgan fingerprint density at radius 2 is 2.25 bits per heavy atom. The van der Waals surface area contributed by atoms with Crippen molar-refractivity contribution in [3.63, 3.8) is 0 Å². The zero-order chi connectivity index (χ0) is 12.0. The second kappa shape index (κ2) is 6.84. The smallest absolute Gasteiger partial charge is 0.142 e. The summed E-state index contributed by atoms with van der Waals surface area (Å²) in [5.41, 5.74) is 0.630. The maximum absolute atomic E-state index is 13.1. The van der Waals surface area contributed by atoms with Crippen LogP contribution in [0.2, 0.25) is 5.02 Å². The van der Waals surface area contributed by atoms with Gasteiger partial charge in [-0.25, -0.2) is 4.39 Å². The van der Waals surface area contributed by atoms with E-state index in [2.05, 4.69) is 0 Å². The van der Waals surface area contributed by atoms with Crippen molar-refractivity contribution in [3.8, 4) is 0 Å². The summed E-state index contributed by atoms with van der Waals surface area (Å²) in [6, 6.07) is 4.61. The second-order valence-electron chi connectivity index (χ2n) is 3.56. The Hall–Kier alpha value is -0.640. The fraction of sp³-hybridized carbons (Fsp3) is 0.500. The van der Waals surface area contributed by atoms with Gasteiger partial charge in [-0.05, 0) is 25.0 Å². The van der Waals surface area contributed by atoms with E-state index < -0.39 is 11.9 Å². The van der Waals surface area contributed by atoms with Crippen LogP contribution < -0.4 is 0 Å². The first-order valence-electron chi connectivity index (χ1n) is 5.33. The van der Waals surface area contributed by atoms with Crippen molar-refractivity contribution in [1.29, 1.82) is 0 Å². The van der Waals surface area contributed by atoms with Crippen LogP contribution in [0.4, 0.5) is 4.39 Å². The Bertz CT molecular complexity index is 331. The fourth-order valence-corrected chi connectivity index (χ4v) is 1.63. The molecule has 0 spiro atoms. The predicted octanol–water partition coefficient (Wildman–Crippen LogP) is 2.81. The summed E-state index contributed by atoms with van der Waals surface area (Å²) in [5, 5.41) is 9.78. The minimum atomic E-state index is -0.550. The van der Waals surface area contributed by atoms with Crippen LogP contribution >= 0.6 is 11.6 Å². The van der Waals surface area contributed by atoms with Crippen LogP contribution in [0.25, 0.3) is 0 Å². The standard InChI is InChI=1S/C12H16ClFO2/c1-2-16-7-6-10(15)8-9-4-3-5-11(14)12(9)13/h3-5,10,15H,2,6-8H2,1H3. The van der Waals surface area contributed by atoms with Crippen molar-refractivity contribution >= 4 is 11.6 Å². The summed E-state index contributed by atoms with van der Waals surface area (Å²) in [6.07, 6.45) is 0.329. The number of rotatable bonds is 6. The number of hydrogen-bond donors (Lipinski definition) is 1. The fourth-order valence-electron chi connectivity index (χ4n) is 1.43. The van der Waals surface area contributed by atoms with Gasteiger partial charge in [0.1, 0.15) is 5.82 Å². The highest BCUT2D eigenvalue weighted by molar-refractivity contribution is 6.31. The van der Waals surface area contributed by atoms with Gasteiger partial charge in [-0.1, -0.05) is 23.7 Å². The molecule has 0 saturated heterocycles. The highest BCUT2D eigenvalue weighted by atomic mass is 35.5. The average Bonchev–Trinajstić information content (AvgIpc) is 2.25. The number of hydrogen-bond acceptors (Lipinski definition) is 2. The van der Waals surface area contributed by atoms with E-state index in [0.29, 0.717) is 31.6 Å². The maximum Gasteiger partial charge on any atom is 0.142 e. The monoisotopic (exact) mass is 246 g/mol. The van der Waals surface area contributed by atoms with Crippen molar-refractivity contribution < 1.29 is 14.2 Å². The molecule has 0 fully saturated rings. The molecular weight excluding hydrogens is 231 g/mol. The highest BCUT2D eigenvalue weighted by Crippen LogP contribution is 2.21. The van der Waals surface area contributed by atoms with E-state index in [-0.39, 0.29) is 5.02 Å². The Morgan fingerprint density at radius 3 is 2.94 bits per heavy atom. The van der Waals surface area contributed by atoms with Crippen molar-refractivity contribution in [2.24, 2.45) is 0 Å². The van der Waals surface area contributed by atoms with Crippen LogP contribution in [0.5, 0.6) is 0 Å². The van der Waals surface area contributed by atoms with Crippen molar-refractivity contribution in [3.05, 3.63) is 34.6 Å². The first-order valence-corrected chi connectivity index (χ1v) is 5.71. The number of benzene rings is 1. The second-order valence-corrected chi connectivity index (χ2v) is 3.93. The van der Waals surface area contributed by atoms with Crippen molar-refractivity contribution in [2.75, 3.05) is 13.2 Å². The normalized spacial score (nSPS) is 12.8. The minimum absolute atomic E-state index is 0.0953. The molecule has 0 radical (unpaired) electrons. The van der Waals surface area contributed by atoms with E-state index in [9.17, 15) is 9.50 Å². The van der Waals surface area contributed by atoms with Gasteiger partial charge in [0.05, 0.1) is 11.1 Å². The molecule has 1 atom stereocenters. The van der Waals surface area contributed by atoms with E-state index in [0.717, 1.165) is 0 Å². The Morgan fingerprint density at radius 1 is 1.50 bits per heavy atom. The number of aliphatic hydroxyl groups excluding tert-OH is 1. The molecule has 0 bridgehead atoms. The zero-order valence-electron chi connectivity index (χ0n) is 9.25. The molecule has 0 heterocycles. The Kier molecular flexibility index (Phi) is 5.74. The molecule has 0 aliphatic rings. The van der Waals surface area contributed by atoms with Crippen molar-refractivity contribution in [1.82, 2.24) is 0 Å². The summed E-state index contributed by atoms with van der Waals surface area (Å²) in [4.78, 5) is 0. The molecule has 0 aromatic heterocycles. The molecule has 0 amide bonds. The van der Waals surface area contributed by atoms with Gasteiger partial charge in [0.2, 0.25) is 0 Å². The largest absolute Gasteiger partial charge is 0.393 e. The predicted molar refractivity (Wildman–Crippen MR) is 62.2 cm³/mol. The van der Waals surface area contributed by atoms with E-state index in [4.69, 9.17) is 16.3 Å². The van der Waals surface area contributed by atoms with Crippen LogP contribution in [0.1, 0.15) is 18.9 Å². The molecule has 4 heteroatoms. The Labute approximate surface area is 100.0 Å². The average molecular weight is 247 g/mol. The van der Waals surface area contributed by atoms with Gasteiger partial charge in [-0.3, -0.25) is 0 Å². The molecule has 1 aromatic rings. The lowest BCUT2D eigenvalue weighted by Crippen LogP contribution is -2.14. The van der Waals surface area contributed by atoms with E-state index in [1.54, 1.807) is 12.1 Å². The van der Waals surface area contributed by atoms with E-state index in [1.807, 2.05) is 6.92 Å².